The van der Waals surface area contributed by atoms with Crippen LogP contribution in [0.15, 0.2) is 23.8 Å². The van der Waals surface area contributed by atoms with Gasteiger partial charge in [0.05, 0.1) is 5.02 Å². The highest BCUT2D eigenvalue weighted by molar-refractivity contribution is 6.32. The second-order valence-electron chi connectivity index (χ2n) is 3.02. The standard InChI is InChI=1S/C11H4ClF3N2O/c12-9-4-7(3-8(5-16)6-17)1-2-10(9)18-11(13,14)15/h1-4H. The average Bonchev–Trinajstić information content (AvgIpc) is 2.28. The fourth-order valence-electron chi connectivity index (χ4n) is 1.07. The molecule has 0 aromatic heterocycles. The Kier molecular flexibility index (Phi) is 4.19. The maximum Gasteiger partial charge on any atom is 0.573 e. The van der Waals surface area contributed by atoms with Gasteiger partial charge in [0.15, 0.2) is 0 Å². The molecule has 1 rings (SSSR count). The molecule has 0 unspecified atom stereocenters. The highest BCUT2D eigenvalue weighted by Gasteiger charge is 2.31. The molecule has 0 aliphatic heterocycles. The Hall–Kier alpha value is -2.18. The number of alkyl halides is 3. The number of hydrogen-bond donors (Lipinski definition) is 0. The van der Waals surface area contributed by atoms with Crippen molar-refractivity contribution in [2.24, 2.45) is 0 Å². The first-order valence-electron chi connectivity index (χ1n) is 4.43. The lowest BCUT2D eigenvalue weighted by Gasteiger charge is -2.10. The third-order valence-electron chi connectivity index (χ3n) is 1.73. The van der Waals surface area contributed by atoms with E-state index in [1.54, 1.807) is 12.1 Å². The smallest absolute Gasteiger partial charge is 0.404 e. The van der Waals surface area contributed by atoms with E-state index >= 15 is 0 Å². The molecule has 0 bridgehead atoms. The number of allylic oxidation sites excluding steroid dienone is 1. The third-order valence-corrected chi connectivity index (χ3v) is 2.03. The largest absolute Gasteiger partial charge is 0.573 e. The van der Waals surface area contributed by atoms with Gasteiger partial charge < -0.3 is 4.74 Å². The van der Waals surface area contributed by atoms with Crippen molar-refractivity contribution in [1.29, 1.82) is 10.5 Å². The van der Waals surface area contributed by atoms with E-state index in [0.29, 0.717) is 5.56 Å². The van der Waals surface area contributed by atoms with Crippen molar-refractivity contribution in [2.75, 3.05) is 0 Å². The van der Waals surface area contributed by atoms with E-state index < -0.39 is 12.1 Å². The summed E-state index contributed by atoms with van der Waals surface area (Å²) >= 11 is 5.59. The summed E-state index contributed by atoms with van der Waals surface area (Å²) in [5.74, 6) is -0.545. The zero-order valence-corrected chi connectivity index (χ0v) is 9.38. The lowest BCUT2D eigenvalue weighted by atomic mass is 10.1. The van der Waals surface area contributed by atoms with Crippen molar-refractivity contribution in [2.45, 2.75) is 6.36 Å². The van der Waals surface area contributed by atoms with Gasteiger partial charge >= 0.3 is 6.36 Å². The molecular formula is C11H4ClF3N2O. The van der Waals surface area contributed by atoms with Crippen LogP contribution in [0.1, 0.15) is 5.56 Å². The predicted octanol–water partition coefficient (Wildman–Crippen LogP) is 3.67. The number of hydrogen-bond acceptors (Lipinski definition) is 3. The van der Waals surface area contributed by atoms with Crippen LogP contribution in [0.2, 0.25) is 5.02 Å². The molecule has 0 fully saturated rings. The molecule has 18 heavy (non-hydrogen) atoms. The third kappa shape index (κ3) is 4.00. The molecule has 92 valence electrons. The Balaban J connectivity index is 3.05. The van der Waals surface area contributed by atoms with Crippen molar-refractivity contribution in [1.82, 2.24) is 0 Å². The molecule has 7 heteroatoms. The Morgan fingerprint density at radius 2 is 1.89 bits per heavy atom. The average molecular weight is 273 g/mol. The van der Waals surface area contributed by atoms with Crippen molar-refractivity contribution in [3.05, 3.63) is 34.4 Å². The van der Waals surface area contributed by atoms with Crippen LogP contribution in [0.5, 0.6) is 5.75 Å². The van der Waals surface area contributed by atoms with E-state index in [9.17, 15) is 13.2 Å². The summed E-state index contributed by atoms with van der Waals surface area (Å²) in [7, 11) is 0. The molecule has 0 saturated heterocycles. The van der Waals surface area contributed by atoms with Gasteiger partial charge in [-0.15, -0.1) is 13.2 Å². The van der Waals surface area contributed by atoms with Crippen molar-refractivity contribution >= 4 is 17.7 Å². The Morgan fingerprint density at radius 1 is 1.28 bits per heavy atom. The second kappa shape index (κ2) is 5.44. The normalized spacial score (nSPS) is 10.1. The number of ether oxygens (including phenoxy) is 1. The van der Waals surface area contributed by atoms with E-state index in [4.69, 9.17) is 22.1 Å². The summed E-state index contributed by atoms with van der Waals surface area (Å²) in [6.45, 7) is 0. The molecule has 0 N–H and O–H groups in total. The molecule has 0 radical (unpaired) electrons. The summed E-state index contributed by atoms with van der Waals surface area (Å²) < 4.78 is 39.5. The molecule has 0 amide bonds. The maximum absolute atomic E-state index is 12.0. The minimum atomic E-state index is -4.83. The van der Waals surface area contributed by atoms with Gasteiger partial charge in [-0.3, -0.25) is 0 Å². The second-order valence-corrected chi connectivity index (χ2v) is 3.43. The highest BCUT2D eigenvalue weighted by atomic mass is 35.5. The molecule has 0 saturated carbocycles. The van der Waals surface area contributed by atoms with E-state index in [2.05, 4.69) is 4.74 Å². The monoisotopic (exact) mass is 272 g/mol. The van der Waals surface area contributed by atoms with Gasteiger partial charge in [-0.2, -0.15) is 10.5 Å². The first-order chi connectivity index (χ1) is 8.35. The van der Waals surface area contributed by atoms with Crippen LogP contribution in [0.3, 0.4) is 0 Å². The Labute approximate surface area is 105 Å². The van der Waals surface area contributed by atoms with Crippen molar-refractivity contribution in [3.63, 3.8) is 0 Å². The molecule has 3 nitrogen and oxygen atoms in total. The zero-order chi connectivity index (χ0) is 13.8. The highest BCUT2D eigenvalue weighted by Crippen LogP contribution is 2.31. The van der Waals surface area contributed by atoms with Crippen LogP contribution in [-0.2, 0) is 0 Å². The molecule has 1 aromatic rings. The number of nitrogens with zero attached hydrogens (tertiary/aromatic N) is 2. The van der Waals surface area contributed by atoms with Crippen LogP contribution >= 0.6 is 11.6 Å². The summed E-state index contributed by atoms with van der Waals surface area (Å²) in [6, 6.07) is 6.66. The van der Waals surface area contributed by atoms with Gasteiger partial charge in [-0.05, 0) is 23.8 Å². The minimum absolute atomic E-state index is 0.185. The molecule has 0 spiro atoms. The molecule has 0 atom stereocenters. The molecular weight excluding hydrogens is 269 g/mol. The topological polar surface area (TPSA) is 56.8 Å². The number of halogens is 4. The van der Waals surface area contributed by atoms with Gasteiger partial charge in [0.2, 0.25) is 0 Å². The number of rotatable bonds is 2. The first kappa shape index (κ1) is 13.9. The first-order valence-corrected chi connectivity index (χ1v) is 4.80. The van der Waals surface area contributed by atoms with Crippen LogP contribution in [0.4, 0.5) is 13.2 Å². The summed E-state index contributed by atoms with van der Waals surface area (Å²) in [5, 5.41) is 16.8. The van der Waals surface area contributed by atoms with Crippen LogP contribution in [0, 0.1) is 22.7 Å². The van der Waals surface area contributed by atoms with Gasteiger partial charge in [0.1, 0.15) is 23.5 Å². The van der Waals surface area contributed by atoms with E-state index in [1.807, 2.05) is 0 Å². The molecule has 0 heterocycles. The maximum atomic E-state index is 12.0. The molecule has 1 aromatic carbocycles. The van der Waals surface area contributed by atoms with Crippen LogP contribution in [0.25, 0.3) is 6.08 Å². The predicted molar refractivity (Wildman–Crippen MR) is 57.3 cm³/mol. The minimum Gasteiger partial charge on any atom is -0.404 e. The molecule has 0 aliphatic rings. The quantitative estimate of drug-likeness (QED) is 0.772. The van der Waals surface area contributed by atoms with Crippen LogP contribution in [-0.4, -0.2) is 6.36 Å². The van der Waals surface area contributed by atoms with Gasteiger partial charge in [0.25, 0.3) is 0 Å². The van der Waals surface area contributed by atoms with E-state index in [-0.39, 0.29) is 10.6 Å². The summed E-state index contributed by atoms with van der Waals surface area (Å²) in [4.78, 5) is 0. The van der Waals surface area contributed by atoms with E-state index in [0.717, 1.165) is 12.1 Å². The van der Waals surface area contributed by atoms with Gasteiger partial charge in [-0.1, -0.05) is 17.7 Å². The van der Waals surface area contributed by atoms with Gasteiger partial charge in [-0.25, -0.2) is 0 Å². The lowest BCUT2D eigenvalue weighted by Crippen LogP contribution is -2.17. The van der Waals surface area contributed by atoms with E-state index in [1.165, 1.54) is 12.1 Å². The van der Waals surface area contributed by atoms with Gasteiger partial charge in [0, 0.05) is 0 Å². The zero-order valence-electron chi connectivity index (χ0n) is 8.62. The fourth-order valence-corrected chi connectivity index (χ4v) is 1.30. The summed E-state index contributed by atoms with van der Waals surface area (Å²) in [6.07, 6.45) is -3.63. The SMILES string of the molecule is N#CC(C#N)=Cc1ccc(OC(F)(F)F)c(Cl)c1. The Bertz CT molecular complexity index is 551. The number of benzene rings is 1. The molecule has 0 aliphatic carbocycles. The van der Waals surface area contributed by atoms with Crippen molar-refractivity contribution < 1.29 is 17.9 Å². The fraction of sp³-hybridized carbons (Fsp3) is 0.0909. The van der Waals surface area contributed by atoms with Crippen molar-refractivity contribution in [3.8, 4) is 17.9 Å². The Morgan fingerprint density at radius 3 is 2.33 bits per heavy atom. The van der Waals surface area contributed by atoms with Crippen LogP contribution < -0.4 is 4.74 Å². The lowest BCUT2D eigenvalue weighted by molar-refractivity contribution is -0.274. The summed E-state index contributed by atoms with van der Waals surface area (Å²) in [5.41, 5.74) is 0.142. The number of nitriles is 2.